The maximum Gasteiger partial charge on any atom is 0.242 e. The Morgan fingerprint density at radius 2 is 1.78 bits per heavy atom. The van der Waals surface area contributed by atoms with Crippen molar-refractivity contribution in [3.8, 4) is 0 Å². The van der Waals surface area contributed by atoms with Gasteiger partial charge in [-0.05, 0) is 30.2 Å². The molecule has 0 fully saturated rings. The highest BCUT2D eigenvalue weighted by Crippen LogP contribution is 2.23. The van der Waals surface area contributed by atoms with Gasteiger partial charge in [-0.3, -0.25) is 9.59 Å². The molecule has 0 radical (unpaired) electrons. The van der Waals surface area contributed by atoms with Crippen molar-refractivity contribution in [1.29, 1.82) is 0 Å². The lowest BCUT2D eigenvalue weighted by molar-refractivity contribution is -0.140. The molecule has 27 heavy (non-hydrogen) atoms. The molecule has 0 aliphatic carbocycles. The van der Waals surface area contributed by atoms with Crippen LogP contribution >= 0.6 is 23.2 Å². The topological polar surface area (TPSA) is 49.4 Å². The van der Waals surface area contributed by atoms with E-state index in [0.717, 1.165) is 0 Å². The molecule has 0 saturated heterocycles. The number of carbonyl (C=O) groups is 2. The van der Waals surface area contributed by atoms with E-state index in [1.54, 1.807) is 24.3 Å². The number of amides is 2. The third kappa shape index (κ3) is 5.21. The van der Waals surface area contributed by atoms with Crippen molar-refractivity contribution in [2.75, 3.05) is 7.05 Å². The first-order chi connectivity index (χ1) is 12.9. The van der Waals surface area contributed by atoms with Gasteiger partial charge in [0.2, 0.25) is 11.8 Å². The SMILES string of the molecule is CC[C@H](C(=O)NC)N(Cc1ccccc1Cl)C(=O)Cc1c(F)cccc1Cl. The molecule has 0 spiro atoms. The van der Waals surface area contributed by atoms with E-state index in [-0.39, 0.29) is 29.5 Å². The van der Waals surface area contributed by atoms with Gasteiger partial charge in [0.15, 0.2) is 0 Å². The lowest BCUT2D eigenvalue weighted by Crippen LogP contribution is -2.48. The second-order valence-corrected chi connectivity index (χ2v) is 6.84. The molecule has 4 nitrogen and oxygen atoms in total. The van der Waals surface area contributed by atoms with Crippen molar-refractivity contribution in [1.82, 2.24) is 10.2 Å². The first kappa shape index (κ1) is 21.2. The molecule has 2 aromatic carbocycles. The fraction of sp³-hybridized carbons (Fsp3) is 0.300. The van der Waals surface area contributed by atoms with Crippen LogP contribution in [0.3, 0.4) is 0 Å². The van der Waals surface area contributed by atoms with Gasteiger partial charge >= 0.3 is 0 Å². The summed E-state index contributed by atoms with van der Waals surface area (Å²) in [7, 11) is 1.51. The van der Waals surface area contributed by atoms with E-state index in [1.165, 1.54) is 30.1 Å². The molecule has 7 heteroatoms. The van der Waals surface area contributed by atoms with Crippen LogP contribution in [0.1, 0.15) is 24.5 Å². The Morgan fingerprint density at radius 3 is 2.37 bits per heavy atom. The molecule has 0 unspecified atom stereocenters. The maximum atomic E-state index is 14.1. The third-order valence-corrected chi connectivity index (χ3v) is 5.04. The van der Waals surface area contributed by atoms with Gasteiger partial charge in [0.1, 0.15) is 11.9 Å². The number of nitrogens with zero attached hydrogens (tertiary/aromatic N) is 1. The average Bonchev–Trinajstić information content (AvgIpc) is 2.65. The smallest absolute Gasteiger partial charge is 0.242 e. The Labute approximate surface area is 168 Å². The molecule has 144 valence electrons. The normalized spacial score (nSPS) is 11.7. The average molecular weight is 411 g/mol. The molecule has 0 heterocycles. The van der Waals surface area contributed by atoms with E-state index in [9.17, 15) is 14.0 Å². The van der Waals surface area contributed by atoms with E-state index < -0.39 is 17.8 Å². The van der Waals surface area contributed by atoms with Crippen molar-refractivity contribution in [3.05, 3.63) is 69.5 Å². The quantitative estimate of drug-likeness (QED) is 0.742. The molecule has 1 atom stereocenters. The third-order valence-electron chi connectivity index (χ3n) is 4.32. The number of carbonyl (C=O) groups excluding carboxylic acids is 2. The summed E-state index contributed by atoms with van der Waals surface area (Å²) in [6.07, 6.45) is 0.157. The van der Waals surface area contributed by atoms with E-state index in [0.29, 0.717) is 17.0 Å². The van der Waals surface area contributed by atoms with Crippen LogP contribution in [-0.4, -0.2) is 29.8 Å². The Bertz CT molecular complexity index is 809. The van der Waals surface area contributed by atoms with Crippen LogP contribution in [0.15, 0.2) is 42.5 Å². The van der Waals surface area contributed by atoms with Gasteiger partial charge in [0.05, 0.1) is 6.42 Å². The van der Waals surface area contributed by atoms with Crippen LogP contribution in [-0.2, 0) is 22.6 Å². The number of nitrogens with one attached hydrogen (secondary N) is 1. The zero-order chi connectivity index (χ0) is 20.0. The number of hydrogen-bond donors (Lipinski definition) is 1. The summed E-state index contributed by atoms with van der Waals surface area (Å²) in [4.78, 5) is 26.8. The molecule has 0 saturated carbocycles. The maximum absolute atomic E-state index is 14.1. The van der Waals surface area contributed by atoms with Crippen LogP contribution in [0, 0.1) is 5.82 Å². The molecule has 0 aliphatic heterocycles. The lowest BCUT2D eigenvalue weighted by Gasteiger charge is -2.30. The highest BCUT2D eigenvalue weighted by Gasteiger charge is 2.29. The van der Waals surface area contributed by atoms with Crippen LogP contribution in [0.25, 0.3) is 0 Å². The van der Waals surface area contributed by atoms with Crippen molar-refractivity contribution in [2.24, 2.45) is 0 Å². The van der Waals surface area contributed by atoms with Gasteiger partial charge in [0, 0.05) is 29.2 Å². The fourth-order valence-corrected chi connectivity index (χ4v) is 3.28. The van der Waals surface area contributed by atoms with Crippen molar-refractivity contribution in [2.45, 2.75) is 32.4 Å². The van der Waals surface area contributed by atoms with E-state index in [1.807, 2.05) is 6.92 Å². The summed E-state index contributed by atoms with van der Waals surface area (Å²) in [5.41, 5.74) is 0.814. The molecule has 0 aromatic heterocycles. The highest BCUT2D eigenvalue weighted by atomic mass is 35.5. The number of rotatable bonds is 7. The summed E-state index contributed by atoms with van der Waals surface area (Å²) < 4.78 is 14.1. The second kappa shape index (κ2) is 9.72. The van der Waals surface area contributed by atoms with Crippen molar-refractivity contribution in [3.63, 3.8) is 0 Å². The van der Waals surface area contributed by atoms with Crippen LogP contribution in [0.5, 0.6) is 0 Å². The molecule has 0 bridgehead atoms. The first-order valence-corrected chi connectivity index (χ1v) is 9.32. The predicted molar refractivity (Wildman–Crippen MR) is 105 cm³/mol. The van der Waals surface area contributed by atoms with E-state index in [2.05, 4.69) is 5.32 Å². The minimum absolute atomic E-state index is 0.111. The first-order valence-electron chi connectivity index (χ1n) is 8.56. The van der Waals surface area contributed by atoms with Crippen LogP contribution < -0.4 is 5.32 Å². The van der Waals surface area contributed by atoms with Crippen LogP contribution in [0.4, 0.5) is 4.39 Å². The summed E-state index contributed by atoms with van der Waals surface area (Å²) in [6.45, 7) is 1.94. The van der Waals surface area contributed by atoms with Crippen LogP contribution in [0.2, 0.25) is 10.0 Å². The molecular formula is C20H21Cl2FN2O2. The van der Waals surface area contributed by atoms with Crippen molar-refractivity contribution < 1.29 is 14.0 Å². The summed E-state index contributed by atoms with van der Waals surface area (Å²) in [6, 6.07) is 10.6. The second-order valence-electron chi connectivity index (χ2n) is 6.03. The molecule has 0 aliphatic rings. The molecule has 2 rings (SSSR count). The minimum atomic E-state index is -0.704. The highest BCUT2D eigenvalue weighted by molar-refractivity contribution is 6.31. The van der Waals surface area contributed by atoms with E-state index in [4.69, 9.17) is 23.2 Å². The number of benzene rings is 2. The molecular weight excluding hydrogens is 390 g/mol. The van der Waals surface area contributed by atoms with Gasteiger partial charge in [-0.25, -0.2) is 4.39 Å². The van der Waals surface area contributed by atoms with Gasteiger partial charge in [-0.15, -0.1) is 0 Å². The van der Waals surface area contributed by atoms with Crippen molar-refractivity contribution >= 4 is 35.0 Å². The monoisotopic (exact) mass is 410 g/mol. The number of likely N-dealkylation sites (N-methyl/N-ethyl adjacent to an activating group) is 1. The predicted octanol–water partition coefficient (Wildman–Crippen LogP) is 4.23. The number of halogens is 3. The number of hydrogen-bond acceptors (Lipinski definition) is 2. The minimum Gasteiger partial charge on any atom is -0.357 e. The van der Waals surface area contributed by atoms with Gasteiger partial charge in [-0.2, -0.15) is 0 Å². The summed E-state index contributed by atoms with van der Waals surface area (Å²) in [5.74, 6) is -1.25. The summed E-state index contributed by atoms with van der Waals surface area (Å²) in [5, 5.41) is 3.24. The van der Waals surface area contributed by atoms with Gasteiger partial charge in [0.25, 0.3) is 0 Å². The van der Waals surface area contributed by atoms with Gasteiger partial charge < -0.3 is 10.2 Å². The molecule has 2 aromatic rings. The Balaban J connectivity index is 2.37. The zero-order valence-corrected chi connectivity index (χ0v) is 16.6. The zero-order valence-electron chi connectivity index (χ0n) is 15.1. The van der Waals surface area contributed by atoms with Gasteiger partial charge in [-0.1, -0.05) is 54.4 Å². The standard InChI is InChI=1S/C20H21Cl2FN2O2/c1-3-18(20(27)24-2)25(12-13-7-4-5-8-15(13)21)19(26)11-14-16(22)9-6-10-17(14)23/h4-10,18H,3,11-12H2,1-2H3,(H,24,27)/t18-/m1/s1. The Kier molecular flexibility index (Phi) is 7.63. The summed E-state index contributed by atoms with van der Waals surface area (Å²) >= 11 is 12.3. The molecule has 2 amide bonds. The van der Waals surface area contributed by atoms with E-state index >= 15 is 0 Å². The fourth-order valence-electron chi connectivity index (χ4n) is 2.85. The lowest BCUT2D eigenvalue weighted by atomic mass is 10.1. The largest absolute Gasteiger partial charge is 0.357 e. The Morgan fingerprint density at radius 1 is 1.11 bits per heavy atom. The molecule has 1 N–H and O–H groups in total. The Hall–Kier alpha value is -2.11.